The molecule has 0 radical (unpaired) electrons. The zero-order valence-corrected chi connectivity index (χ0v) is 16.6. The topological polar surface area (TPSA) is 55.8 Å². The molecule has 5 nitrogen and oxygen atoms in total. The lowest BCUT2D eigenvalue weighted by molar-refractivity contribution is -0.140. The predicted octanol–water partition coefficient (Wildman–Crippen LogP) is 3.83. The van der Waals surface area contributed by atoms with Crippen LogP contribution >= 0.6 is 27.3 Å². The standard InChI is InChI=1S/C18H20BrNO4S/c1-23-12-11-20(10-9-17(21)24-2)18(22)16-8-7-15(25-16)13-3-5-14(19)6-4-13/h3-8H,9-12H2,1-2H3. The van der Waals surface area contributed by atoms with Crippen molar-refractivity contribution in [2.24, 2.45) is 0 Å². The average molecular weight is 426 g/mol. The van der Waals surface area contributed by atoms with Crippen molar-refractivity contribution in [3.05, 3.63) is 45.7 Å². The maximum absolute atomic E-state index is 12.8. The van der Waals surface area contributed by atoms with E-state index in [0.29, 0.717) is 24.6 Å². The Morgan fingerprint density at radius 1 is 1.08 bits per heavy atom. The van der Waals surface area contributed by atoms with E-state index in [1.165, 1.54) is 18.4 Å². The number of esters is 1. The number of benzene rings is 1. The van der Waals surface area contributed by atoms with Gasteiger partial charge >= 0.3 is 5.97 Å². The molecule has 7 heteroatoms. The number of ether oxygens (including phenoxy) is 2. The van der Waals surface area contributed by atoms with E-state index in [9.17, 15) is 9.59 Å². The van der Waals surface area contributed by atoms with Gasteiger partial charge in [-0.1, -0.05) is 28.1 Å². The third kappa shape index (κ3) is 5.66. The molecule has 0 N–H and O–H groups in total. The number of halogens is 1. The highest BCUT2D eigenvalue weighted by molar-refractivity contribution is 9.10. The highest BCUT2D eigenvalue weighted by Gasteiger charge is 2.19. The van der Waals surface area contributed by atoms with Crippen LogP contribution in [0.2, 0.25) is 0 Å². The maximum atomic E-state index is 12.8. The van der Waals surface area contributed by atoms with Gasteiger partial charge in [0, 0.05) is 29.5 Å². The van der Waals surface area contributed by atoms with Crippen LogP contribution in [0.1, 0.15) is 16.1 Å². The molecule has 0 saturated carbocycles. The molecule has 0 atom stereocenters. The van der Waals surface area contributed by atoms with Crippen LogP contribution in [-0.2, 0) is 14.3 Å². The monoisotopic (exact) mass is 425 g/mol. The minimum atomic E-state index is -0.336. The molecule has 0 aliphatic rings. The molecule has 0 fully saturated rings. The van der Waals surface area contributed by atoms with Crippen molar-refractivity contribution >= 4 is 39.1 Å². The Labute approximate surface area is 159 Å². The molecule has 1 aromatic heterocycles. The number of thiophene rings is 1. The van der Waals surface area contributed by atoms with Crippen LogP contribution in [0.25, 0.3) is 10.4 Å². The Morgan fingerprint density at radius 3 is 2.44 bits per heavy atom. The molecule has 0 aliphatic heterocycles. The van der Waals surface area contributed by atoms with E-state index in [1.54, 1.807) is 12.0 Å². The molecule has 0 aliphatic carbocycles. The van der Waals surface area contributed by atoms with Gasteiger partial charge in [0.05, 0.1) is 25.0 Å². The molecule has 2 aromatic rings. The summed E-state index contributed by atoms with van der Waals surface area (Å²) in [5.74, 6) is -0.439. The first-order valence-electron chi connectivity index (χ1n) is 7.76. The first kappa shape index (κ1) is 19.6. The summed E-state index contributed by atoms with van der Waals surface area (Å²) in [6.45, 7) is 1.15. The Bertz CT molecular complexity index is 714. The summed E-state index contributed by atoms with van der Waals surface area (Å²) in [4.78, 5) is 27.4. The molecular formula is C18H20BrNO4S. The quantitative estimate of drug-likeness (QED) is 0.603. The van der Waals surface area contributed by atoms with Crippen molar-refractivity contribution in [1.82, 2.24) is 4.90 Å². The summed E-state index contributed by atoms with van der Waals surface area (Å²) in [6, 6.07) is 11.7. The van der Waals surface area contributed by atoms with Crippen molar-refractivity contribution in [1.29, 1.82) is 0 Å². The van der Waals surface area contributed by atoms with Crippen molar-refractivity contribution in [3.8, 4) is 10.4 Å². The molecular weight excluding hydrogens is 406 g/mol. The minimum Gasteiger partial charge on any atom is -0.469 e. The van der Waals surface area contributed by atoms with E-state index in [1.807, 2.05) is 36.4 Å². The van der Waals surface area contributed by atoms with Gasteiger partial charge in [-0.2, -0.15) is 0 Å². The van der Waals surface area contributed by atoms with Gasteiger partial charge in [-0.25, -0.2) is 0 Å². The molecule has 134 valence electrons. The van der Waals surface area contributed by atoms with Crippen molar-refractivity contribution in [3.63, 3.8) is 0 Å². The van der Waals surface area contributed by atoms with Crippen LogP contribution in [0.15, 0.2) is 40.9 Å². The maximum Gasteiger partial charge on any atom is 0.307 e. The summed E-state index contributed by atoms with van der Waals surface area (Å²) >= 11 is 4.86. The van der Waals surface area contributed by atoms with E-state index < -0.39 is 0 Å². The molecule has 1 aromatic carbocycles. The lowest BCUT2D eigenvalue weighted by atomic mass is 10.2. The second kappa shape index (κ2) is 9.70. The lowest BCUT2D eigenvalue weighted by Crippen LogP contribution is -2.35. The average Bonchev–Trinajstić information content (AvgIpc) is 3.11. The number of hydrogen-bond acceptors (Lipinski definition) is 5. The first-order chi connectivity index (χ1) is 12.0. The van der Waals surface area contributed by atoms with Crippen LogP contribution in [0.4, 0.5) is 0 Å². The lowest BCUT2D eigenvalue weighted by Gasteiger charge is -2.21. The molecule has 0 bridgehead atoms. The summed E-state index contributed by atoms with van der Waals surface area (Å²) < 4.78 is 10.7. The minimum absolute atomic E-state index is 0.102. The van der Waals surface area contributed by atoms with Gasteiger partial charge < -0.3 is 14.4 Å². The number of carbonyl (C=O) groups is 2. The third-order valence-corrected chi connectivity index (χ3v) is 5.26. The Kier molecular flexibility index (Phi) is 7.61. The fourth-order valence-electron chi connectivity index (χ4n) is 2.22. The van der Waals surface area contributed by atoms with E-state index >= 15 is 0 Å². The fraction of sp³-hybridized carbons (Fsp3) is 0.333. The van der Waals surface area contributed by atoms with Crippen LogP contribution in [0, 0.1) is 0 Å². The van der Waals surface area contributed by atoms with Gasteiger partial charge in [0.1, 0.15) is 0 Å². The Morgan fingerprint density at radius 2 is 1.80 bits per heavy atom. The molecule has 0 spiro atoms. The van der Waals surface area contributed by atoms with E-state index in [0.717, 1.165) is 14.9 Å². The largest absolute Gasteiger partial charge is 0.469 e. The van der Waals surface area contributed by atoms with Gasteiger partial charge in [0.2, 0.25) is 0 Å². The van der Waals surface area contributed by atoms with Gasteiger partial charge in [0.25, 0.3) is 5.91 Å². The van der Waals surface area contributed by atoms with Crippen molar-refractivity contribution < 1.29 is 19.1 Å². The highest BCUT2D eigenvalue weighted by Crippen LogP contribution is 2.29. The highest BCUT2D eigenvalue weighted by atomic mass is 79.9. The summed E-state index contributed by atoms with van der Waals surface area (Å²) in [5, 5.41) is 0. The number of carbonyl (C=O) groups excluding carboxylic acids is 2. The van der Waals surface area contributed by atoms with Crippen LogP contribution < -0.4 is 0 Å². The van der Waals surface area contributed by atoms with Crippen molar-refractivity contribution in [2.75, 3.05) is 33.9 Å². The van der Waals surface area contributed by atoms with Gasteiger partial charge in [0.15, 0.2) is 0 Å². The Balaban J connectivity index is 2.12. The van der Waals surface area contributed by atoms with E-state index in [4.69, 9.17) is 4.74 Å². The second-order valence-corrected chi connectivity index (χ2v) is 7.28. The number of methoxy groups -OCH3 is 2. The normalized spacial score (nSPS) is 10.5. The Hall–Kier alpha value is -1.70. The van der Waals surface area contributed by atoms with E-state index in [-0.39, 0.29) is 18.3 Å². The van der Waals surface area contributed by atoms with Gasteiger partial charge in [-0.3, -0.25) is 9.59 Å². The zero-order valence-electron chi connectivity index (χ0n) is 14.2. The molecule has 1 amide bonds. The van der Waals surface area contributed by atoms with Crippen LogP contribution in [0.5, 0.6) is 0 Å². The smallest absolute Gasteiger partial charge is 0.307 e. The SMILES string of the molecule is COCCN(CCC(=O)OC)C(=O)c1ccc(-c2ccc(Br)cc2)s1. The van der Waals surface area contributed by atoms with Crippen molar-refractivity contribution in [2.45, 2.75) is 6.42 Å². The van der Waals surface area contributed by atoms with Gasteiger partial charge in [-0.15, -0.1) is 11.3 Å². The summed E-state index contributed by atoms with van der Waals surface area (Å²) in [7, 11) is 2.92. The van der Waals surface area contributed by atoms with E-state index in [2.05, 4.69) is 20.7 Å². The molecule has 0 saturated heterocycles. The number of nitrogens with zero attached hydrogens (tertiary/aromatic N) is 1. The summed E-state index contributed by atoms with van der Waals surface area (Å²) in [6.07, 6.45) is 0.164. The number of amides is 1. The molecule has 0 unspecified atom stereocenters. The van der Waals surface area contributed by atoms with Gasteiger partial charge in [-0.05, 0) is 29.8 Å². The van der Waals surface area contributed by atoms with Crippen LogP contribution in [-0.4, -0.2) is 50.7 Å². The number of hydrogen-bond donors (Lipinski definition) is 0. The third-order valence-electron chi connectivity index (χ3n) is 3.61. The first-order valence-corrected chi connectivity index (χ1v) is 9.37. The zero-order chi connectivity index (χ0) is 18.2. The molecule has 1 heterocycles. The van der Waals surface area contributed by atoms with Crippen LogP contribution in [0.3, 0.4) is 0 Å². The molecule has 25 heavy (non-hydrogen) atoms. The predicted molar refractivity (Wildman–Crippen MR) is 102 cm³/mol. The second-order valence-electron chi connectivity index (χ2n) is 5.28. The number of rotatable bonds is 8. The molecule has 2 rings (SSSR count). The summed E-state index contributed by atoms with van der Waals surface area (Å²) in [5.41, 5.74) is 1.06. The fourth-order valence-corrected chi connectivity index (χ4v) is 3.47.